The summed E-state index contributed by atoms with van der Waals surface area (Å²) in [5, 5.41) is 3.58. The molecule has 0 atom stereocenters. The highest BCUT2D eigenvalue weighted by Crippen LogP contribution is 2.31. The number of fused-ring (bicyclic) bond motifs is 1. The van der Waals surface area contributed by atoms with Crippen LogP contribution < -0.4 is 10.9 Å². The molecule has 1 aromatic carbocycles. The molecular weight excluding hydrogens is 341 g/mol. The molecule has 0 unspecified atom stereocenters. The Bertz CT molecular complexity index is 938. The van der Waals surface area contributed by atoms with Crippen LogP contribution in [0.2, 0.25) is 0 Å². The van der Waals surface area contributed by atoms with E-state index in [0.29, 0.717) is 16.4 Å². The van der Waals surface area contributed by atoms with Gasteiger partial charge >= 0.3 is 6.18 Å². The SMILES string of the molecule is CSc1nc(Nc2ccc(C(F)(F)F)cc2)c2c(=O)[nH]ccc2n1. The van der Waals surface area contributed by atoms with Crippen molar-refractivity contribution in [3.05, 3.63) is 52.4 Å². The molecule has 0 saturated heterocycles. The lowest BCUT2D eigenvalue weighted by atomic mass is 10.2. The maximum absolute atomic E-state index is 12.6. The highest BCUT2D eigenvalue weighted by molar-refractivity contribution is 7.98. The summed E-state index contributed by atoms with van der Waals surface area (Å²) in [6, 6.07) is 6.13. The van der Waals surface area contributed by atoms with Gasteiger partial charge in [0.25, 0.3) is 5.56 Å². The second kappa shape index (κ2) is 6.16. The molecule has 2 aromatic heterocycles. The van der Waals surface area contributed by atoms with Crippen LogP contribution in [0.1, 0.15) is 5.56 Å². The lowest BCUT2D eigenvalue weighted by Crippen LogP contribution is -2.10. The first-order valence-electron chi connectivity index (χ1n) is 6.76. The summed E-state index contributed by atoms with van der Waals surface area (Å²) in [5.41, 5.74) is -0.288. The number of halogens is 3. The van der Waals surface area contributed by atoms with Crippen LogP contribution >= 0.6 is 11.8 Å². The maximum Gasteiger partial charge on any atom is 0.416 e. The summed E-state index contributed by atoms with van der Waals surface area (Å²) < 4.78 is 37.9. The molecular formula is C15H11F3N4OS. The Balaban J connectivity index is 2.05. The van der Waals surface area contributed by atoms with Crippen molar-refractivity contribution in [1.82, 2.24) is 15.0 Å². The number of anilines is 2. The smallest absolute Gasteiger partial charge is 0.339 e. The van der Waals surface area contributed by atoms with Crippen molar-refractivity contribution in [3.63, 3.8) is 0 Å². The van der Waals surface area contributed by atoms with Gasteiger partial charge in [-0.3, -0.25) is 4.79 Å². The van der Waals surface area contributed by atoms with Gasteiger partial charge in [0, 0.05) is 11.9 Å². The van der Waals surface area contributed by atoms with Gasteiger partial charge in [0.05, 0.1) is 11.1 Å². The Morgan fingerprint density at radius 1 is 1.12 bits per heavy atom. The number of aromatic amines is 1. The molecule has 0 radical (unpaired) electrons. The molecule has 3 rings (SSSR count). The van der Waals surface area contributed by atoms with Crippen molar-refractivity contribution in [2.45, 2.75) is 11.3 Å². The van der Waals surface area contributed by atoms with Crippen molar-refractivity contribution >= 4 is 34.2 Å². The standard InChI is InChI=1S/C15H11F3N4OS/c1-24-14-21-10-6-7-19-13(23)11(10)12(22-14)20-9-4-2-8(3-5-9)15(16,17)18/h2-7H,1H3,(H,19,23)(H,20,21,22). The number of H-pyrrole nitrogens is 1. The molecule has 2 N–H and O–H groups in total. The minimum absolute atomic E-state index is 0.242. The molecule has 0 amide bonds. The van der Waals surface area contributed by atoms with E-state index in [9.17, 15) is 18.0 Å². The number of nitrogens with zero attached hydrogens (tertiary/aromatic N) is 2. The van der Waals surface area contributed by atoms with Gasteiger partial charge in [-0.05, 0) is 36.6 Å². The molecule has 0 bridgehead atoms. The van der Waals surface area contributed by atoms with E-state index in [2.05, 4.69) is 20.3 Å². The van der Waals surface area contributed by atoms with Crippen LogP contribution in [0.4, 0.5) is 24.7 Å². The van der Waals surface area contributed by atoms with Gasteiger partial charge in [-0.15, -0.1) is 0 Å². The number of nitrogens with one attached hydrogen (secondary N) is 2. The third-order valence-corrected chi connectivity index (χ3v) is 3.80. The predicted octanol–water partition coefficient (Wildman–Crippen LogP) is 3.80. The van der Waals surface area contributed by atoms with Crippen molar-refractivity contribution < 1.29 is 13.2 Å². The summed E-state index contributed by atoms with van der Waals surface area (Å²) in [7, 11) is 0. The van der Waals surface area contributed by atoms with Crippen LogP contribution in [0.25, 0.3) is 10.9 Å². The average Bonchev–Trinajstić information content (AvgIpc) is 2.54. The number of pyridine rings is 1. The fourth-order valence-corrected chi connectivity index (χ4v) is 2.50. The average molecular weight is 352 g/mol. The Labute approximate surface area is 138 Å². The fraction of sp³-hybridized carbons (Fsp3) is 0.133. The summed E-state index contributed by atoms with van der Waals surface area (Å²) in [6.45, 7) is 0. The van der Waals surface area contributed by atoms with Gasteiger partial charge in [-0.1, -0.05) is 11.8 Å². The van der Waals surface area contributed by atoms with E-state index in [1.165, 1.54) is 30.1 Å². The Kier molecular flexibility index (Phi) is 4.18. The molecule has 0 aliphatic heterocycles. The van der Waals surface area contributed by atoms with Crippen LogP contribution in [0.3, 0.4) is 0 Å². The lowest BCUT2D eigenvalue weighted by molar-refractivity contribution is -0.137. The van der Waals surface area contributed by atoms with Gasteiger partial charge in [0.2, 0.25) is 0 Å². The Morgan fingerprint density at radius 3 is 2.46 bits per heavy atom. The van der Waals surface area contributed by atoms with Crippen LogP contribution in [0, 0.1) is 0 Å². The summed E-state index contributed by atoms with van der Waals surface area (Å²) in [6.07, 6.45) is -1.14. The molecule has 0 saturated carbocycles. The minimum atomic E-state index is -4.40. The van der Waals surface area contributed by atoms with Crippen molar-refractivity contribution in [2.24, 2.45) is 0 Å². The Hall–Kier alpha value is -2.55. The number of hydrogen-bond donors (Lipinski definition) is 2. The second-order valence-corrected chi connectivity index (χ2v) is 5.60. The second-order valence-electron chi connectivity index (χ2n) is 4.83. The number of aromatic nitrogens is 3. The first-order chi connectivity index (χ1) is 11.4. The van der Waals surface area contributed by atoms with Crippen LogP contribution in [0.5, 0.6) is 0 Å². The molecule has 0 fully saturated rings. The predicted molar refractivity (Wildman–Crippen MR) is 86.7 cm³/mol. The van der Waals surface area contributed by atoms with Gasteiger partial charge < -0.3 is 10.3 Å². The van der Waals surface area contributed by atoms with E-state index >= 15 is 0 Å². The zero-order valence-electron chi connectivity index (χ0n) is 12.3. The molecule has 24 heavy (non-hydrogen) atoms. The molecule has 2 heterocycles. The third-order valence-electron chi connectivity index (χ3n) is 3.26. The zero-order valence-corrected chi connectivity index (χ0v) is 13.1. The first-order valence-corrected chi connectivity index (χ1v) is 7.98. The van der Waals surface area contributed by atoms with E-state index in [1.54, 1.807) is 12.3 Å². The summed E-state index contributed by atoms with van der Waals surface area (Å²) >= 11 is 1.30. The highest BCUT2D eigenvalue weighted by Gasteiger charge is 2.29. The zero-order chi connectivity index (χ0) is 17.3. The van der Waals surface area contributed by atoms with E-state index in [1.807, 2.05) is 0 Å². The molecule has 124 valence electrons. The third kappa shape index (κ3) is 3.21. The number of hydrogen-bond acceptors (Lipinski definition) is 5. The van der Waals surface area contributed by atoms with Gasteiger partial charge in [0.15, 0.2) is 5.16 Å². The summed E-state index contributed by atoms with van der Waals surface area (Å²) in [5.74, 6) is 0.242. The van der Waals surface area contributed by atoms with Crippen LogP contribution in [-0.2, 0) is 6.18 Å². The largest absolute Gasteiger partial charge is 0.416 e. The monoisotopic (exact) mass is 352 g/mol. The van der Waals surface area contributed by atoms with Crippen molar-refractivity contribution in [2.75, 3.05) is 11.6 Å². The van der Waals surface area contributed by atoms with Crippen LogP contribution in [0.15, 0.2) is 46.5 Å². The Morgan fingerprint density at radius 2 is 1.83 bits per heavy atom. The highest BCUT2D eigenvalue weighted by atomic mass is 32.2. The molecule has 0 aliphatic carbocycles. The van der Waals surface area contributed by atoms with E-state index in [-0.39, 0.29) is 16.8 Å². The van der Waals surface area contributed by atoms with Gasteiger partial charge in [0.1, 0.15) is 11.2 Å². The normalized spacial score (nSPS) is 11.7. The molecule has 3 aromatic rings. The lowest BCUT2D eigenvalue weighted by Gasteiger charge is -2.11. The number of alkyl halides is 3. The summed E-state index contributed by atoms with van der Waals surface area (Å²) in [4.78, 5) is 23.1. The number of rotatable bonds is 3. The molecule has 5 nitrogen and oxygen atoms in total. The van der Waals surface area contributed by atoms with E-state index < -0.39 is 11.7 Å². The van der Waals surface area contributed by atoms with Crippen LogP contribution in [-0.4, -0.2) is 21.2 Å². The molecule has 0 aliphatic rings. The topological polar surface area (TPSA) is 70.7 Å². The maximum atomic E-state index is 12.6. The molecule has 9 heteroatoms. The fourth-order valence-electron chi connectivity index (χ4n) is 2.13. The van der Waals surface area contributed by atoms with Gasteiger partial charge in [-0.2, -0.15) is 13.2 Å². The number of benzene rings is 1. The number of thioether (sulfide) groups is 1. The van der Waals surface area contributed by atoms with E-state index in [0.717, 1.165) is 12.1 Å². The van der Waals surface area contributed by atoms with Crippen molar-refractivity contribution in [1.29, 1.82) is 0 Å². The van der Waals surface area contributed by atoms with Gasteiger partial charge in [-0.25, -0.2) is 9.97 Å². The van der Waals surface area contributed by atoms with Crippen molar-refractivity contribution in [3.8, 4) is 0 Å². The van der Waals surface area contributed by atoms with E-state index in [4.69, 9.17) is 0 Å². The quantitative estimate of drug-likeness (QED) is 0.554. The minimum Gasteiger partial charge on any atom is -0.339 e. The molecule has 0 spiro atoms. The first kappa shape index (κ1) is 16.3.